The number of carbonyl (C=O) groups is 1. The van der Waals surface area contributed by atoms with Gasteiger partial charge in [-0.15, -0.1) is 0 Å². The average molecular weight is 577 g/mol. The molecule has 0 bridgehead atoms. The molecule has 0 unspecified atom stereocenters. The van der Waals surface area contributed by atoms with Crippen LogP contribution < -0.4 is 9.47 Å². The minimum absolute atomic E-state index is 0.00653. The van der Waals surface area contributed by atoms with Gasteiger partial charge in [-0.3, -0.25) is 9.69 Å². The van der Waals surface area contributed by atoms with Crippen molar-refractivity contribution in [3.05, 3.63) is 137 Å². The molecule has 0 atom stereocenters. The van der Waals surface area contributed by atoms with E-state index in [9.17, 15) is 4.79 Å². The van der Waals surface area contributed by atoms with Gasteiger partial charge in [0.15, 0.2) is 5.82 Å². The van der Waals surface area contributed by atoms with E-state index in [1.165, 1.54) is 22.7 Å². The van der Waals surface area contributed by atoms with Crippen LogP contribution in [0.2, 0.25) is 0 Å². The van der Waals surface area contributed by atoms with Crippen molar-refractivity contribution >= 4 is 17.4 Å². The molecule has 42 heavy (non-hydrogen) atoms. The summed E-state index contributed by atoms with van der Waals surface area (Å²) >= 11 is 1.20. The van der Waals surface area contributed by atoms with E-state index in [-0.39, 0.29) is 11.9 Å². The minimum atomic E-state index is 0.00653. The van der Waals surface area contributed by atoms with E-state index < -0.39 is 0 Å². The Morgan fingerprint density at radius 2 is 1.48 bits per heavy atom. The van der Waals surface area contributed by atoms with Crippen molar-refractivity contribution < 1.29 is 14.3 Å². The smallest absolute Gasteiger partial charge is 0.298 e. The molecule has 0 aliphatic carbocycles. The molecule has 0 spiro atoms. The van der Waals surface area contributed by atoms with Gasteiger partial charge in [0.25, 0.3) is 11.1 Å². The van der Waals surface area contributed by atoms with E-state index in [1.807, 2.05) is 59.5 Å². The van der Waals surface area contributed by atoms with Gasteiger partial charge in [0.2, 0.25) is 0 Å². The van der Waals surface area contributed by atoms with Crippen molar-refractivity contribution in [2.75, 3.05) is 33.3 Å². The summed E-state index contributed by atoms with van der Waals surface area (Å²) in [5, 5.41) is 0.443. The summed E-state index contributed by atoms with van der Waals surface area (Å²) in [5.74, 6) is 2.05. The van der Waals surface area contributed by atoms with E-state index in [0.29, 0.717) is 41.8 Å². The normalized spacial score (nSPS) is 13.7. The number of aromatic nitrogens is 2. The second kappa shape index (κ2) is 13.0. The molecule has 1 fully saturated rings. The van der Waals surface area contributed by atoms with Crippen molar-refractivity contribution in [3.8, 4) is 16.7 Å². The summed E-state index contributed by atoms with van der Waals surface area (Å²) in [6.07, 6.45) is 0.580. The van der Waals surface area contributed by atoms with E-state index >= 15 is 0 Å². The van der Waals surface area contributed by atoms with Crippen molar-refractivity contribution in [2.24, 2.45) is 0 Å². The molecule has 7 nitrogen and oxygen atoms in total. The summed E-state index contributed by atoms with van der Waals surface area (Å²) in [6.45, 7) is 2.89. The van der Waals surface area contributed by atoms with E-state index in [1.54, 1.807) is 13.2 Å². The Bertz CT molecular complexity index is 1580. The SMILES string of the molecule is COc1cccc(Cc2nsc(Oc3cccc(C(=O)N4CCN(C(c5ccccc5)c5ccccc5)CC4)c3)n2)c1. The Hall–Kier alpha value is -4.53. The maximum absolute atomic E-state index is 13.5. The molecular formula is C34H32N4O3S. The zero-order valence-corrected chi connectivity index (χ0v) is 24.2. The molecule has 1 saturated heterocycles. The van der Waals surface area contributed by atoms with Crippen LogP contribution in [-0.4, -0.2) is 58.4 Å². The maximum Gasteiger partial charge on any atom is 0.298 e. The first kappa shape index (κ1) is 27.6. The second-order valence-corrected chi connectivity index (χ2v) is 10.9. The standard InChI is InChI=1S/C34H32N4O3S/c1-40-29-16-8-10-25(22-29)23-31-35-34(42-36-31)41-30-17-9-15-28(24-30)33(39)38-20-18-37(19-21-38)32(26-11-4-2-5-12-26)27-13-6-3-7-14-27/h2-17,22,24,32H,18-21,23H2,1H3. The number of hydrogen-bond acceptors (Lipinski definition) is 7. The Labute approximate surface area is 250 Å². The van der Waals surface area contributed by atoms with Crippen LogP contribution in [0.4, 0.5) is 0 Å². The number of hydrogen-bond donors (Lipinski definition) is 0. The van der Waals surface area contributed by atoms with Crippen LogP contribution in [0.25, 0.3) is 0 Å². The van der Waals surface area contributed by atoms with Gasteiger partial charge in [-0.25, -0.2) is 0 Å². The lowest BCUT2D eigenvalue weighted by atomic mass is 9.96. The molecule has 8 heteroatoms. The summed E-state index contributed by atoms with van der Waals surface area (Å²) in [6, 6.07) is 36.5. The fraction of sp³-hybridized carbons (Fsp3) is 0.206. The third kappa shape index (κ3) is 6.51. The summed E-state index contributed by atoms with van der Waals surface area (Å²) < 4.78 is 15.8. The minimum Gasteiger partial charge on any atom is -0.497 e. The van der Waals surface area contributed by atoms with Gasteiger partial charge < -0.3 is 14.4 Å². The molecule has 1 aliphatic heterocycles. The Balaban J connectivity index is 1.09. The number of benzene rings is 4. The number of piperazine rings is 1. The van der Waals surface area contributed by atoms with Crippen LogP contribution in [0.3, 0.4) is 0 Å². The molecule has 5 aromatic rings. The Morgan fingerprint density at radius 3 is 2.17 bits per heavy atom. The number of nitrogens with zero attached hydrogens (tertiary/aromatic N) is 4. The van der Waals surface area contributed by atoms with Crippen LogP contribution in [0.15, 0.2) is 109 Å². The van der Waals surface area contributed by atoms with Crippen LogP contribution >= 0.6 is 11.5 Å². The summed E-state index contributed by atoms with van der Waals surface area (Å²) in [4.78, 5) is 22.4. The Morgan fingerprint density at radius 1 is 0.810 bits per heavy atom. The summed E-state index contributed by atoms with van der Waals surface area (Å²) in [5.41, 5.74) is 4.18. The highest BCUT2D eigenvalue weighted by Gasteiger charge is 2.28. The van der Waals surface area contributed by atoms with Crippen LogP contribution in [-0.2, 0) is 6.42 Å². The van der Waals surface area contributed by atoms with E-state index in [2.05, 4.69) is 62.8 Å². The molecule has 1 aliphatic rings. The van der Waals surface area contributed by atoms with Gasteiger partial charge in [-0.2, -0.15) is 9.36 Å². The van der Waals surface area contributed by atoms with Gasteiger partial charge in [-0.1, -0.05) is 78.9 Å². The topological polar surface area (TPSA) is 67.8 Å². The largest absolute Gasteiger partial charge is 0.497 e. The molecule has 6 rings (SSSR count). The third-order valence-electron chi connectivity index (χ3n) is 7.43. The lowest BCUT2D eigenvalue weighted by Crippen LogP contribution is -2.49. The maximum atomic E-state index is 13.5. The number of methoxy groups -OCH3 is 1. The van der Waals surface area contributed by atoms with Crippen LogP contribution in [0.5, 0.6) is 16.7 Å². The van der Waals surface area contributed by atoms with Crippen molar-refractivity contribution in [1.29, 1.82) is 0 Å². The first-order chi connectivity index (χ1) is 20.7. The molecule has 0 saturated carbocycles. The van der Waals surface area contributed by atoms with Gasteiger partial charge in [-0.05, 0) is 47.0 Å². The number of ether oxygens (including phenoxy) is 2. The van der Waals surface area contributed by atoms with E-state index in [0.717, 1.165) is 24.4 Å². The molecule has 212 valence electrons. The molecule has 0 N–H and O–H groups in total. The third-order valence-corrected chi connectivity index (χ3v) is 8.06. The second-order valence-electron chi connectivity index (χ2n) is 10.2. The Kier molecular flexibility index (Phi) is 8.54. The average Bonchev–Trinajstić information content (AvgIpc) is 3.48. The van der Waals surface area contributed by atoms with Gasteiger partial charge >= 0.3 is 0 Å². The molecule has 0 radical (unpaired) electrons. The highest BCUT2D eigenvalue weighted by atomic mass is 32.1. The van der Waals surface area contributed by atoms with Crippen molar-refractivity contribution in [3.63, 3.8) is 0 Å². The summed E-state index contributed by atoms with van der Waals surface area (Å²) in [7, 11) is 1.65. The lowest BCUT2D eigenvalue weighted by Gasteiger charge is -2.39. The highest BCUT2D eigenvalue weighted by Crippen LogP contribution is 2.30. The van der Waals surface area contributed by atoms with Crippen LogP contribution in [0, 0.1) is 0 Å². The first-order valence-electron chi connectivity index (χ1n) is 14.0. The van der Waals surface area contributed by atoms with Crippen LogP contribution in [0.1, 0.15) is 38.9 Å². The fourth-order valence-corrected chi connectivity index (χ4v) is 5.93. The molecule has 4 aromatic carbocycles. The van der Waals surface area contributed by atoms with Crippen molar-refractivity contribution in [2.45, 2.75) is 12.5 Å². The predicted octanol–water partition coefficient (Wildman–Crippen LogP) is 6.48. The zero-order chi connectivity index (χ0) is 28.7. The lowest BCUT2D eigenvalue weighted by molar-refractivity contribution is 0.0597. The van der Waals surface area contributed by atoms with Gasteiger partial charge in [0.05, 0.1) is 13.2 Å². The molecule has 2 heterocycles. The number of rotatable bonds is 9. The quantitative estimate of drug-likeness (QED) is 0.200. The number of amides is 1. The fourth-order valence-electron chi connectivity index (χ4n) is 5.36. The molecule has 1 aromatic heterocycles. The predicted molar refractivity (Wildman–Crippen MR) is 164 cm³/mol. The first-order valence-corrected chi connectivity index (χ1v) is 14.8. The molecule has 1 amide bonds. The highest BCUT2D eigenvalue weighted by molar-refractivity contribution is 7.07. The number of carbonyl (C=O) groups excluding carboxylic acids is 1. The van der Waals surface area contributed by atoms with Gasteiger partial charge in [0, 0.05) is 49.7 Å². The zero-order valence-electron chi connectivity index (χ0n) is 23.4. The molecular weight excluding hydrogens is 544 g/mol. The van der Waals surface area contributed by atoms with Gasteiger partial charge in [0.1, 0.15) is 11.5 Å². The monoisotopic (exact) mass is 576 g/mol. The van der Waals surface area contributed by atoms with E-state index in [4.69, 9.17) is 9.47 Å². The van der Waals surface area contributed by atoms with Crippen molar-refractivity contribution in [1.82, 2.24) is 19.2 Å².